The molecule has 0 saturated carbocycles. The van der Waals surface area contributed by atoms with E-state index in [1.54, 1.807) is 12.1 Å². The highest BCUT2D eigenvalue weighted by Gasteiger charge is 2.39. The molecular weight excluding hydrogens is 446 g/mol. The molecule has 3 aliphatic rings. The van der Waals surface area contributed by atoms with Gasteiger partial charge in [0.2, 0.25) is 11.8 Å². The molecule has 10 heteroatoms. The Bertz CT molecular complexity index is 864. The van der Waals surface area contributed by atoms with Crippen molar-refractivity contribution in [3.63, 3.8) is 0 Å². The number of Topliss-reactive ketones (excluding diaryl/α,β-unsaturated/α-hetero) is 1. The molecule has 4 rings (SSSR count). The number of carbonyl (C=O) groups is 3. The number of hydrogen-bond acceptors (Lipinski definition) is 6. The van der Waals surface area contributed by atoms with Gasteiger partial charge in [-0.05, 0) is 32.4 Å². The Hall–Kier alpha value is -2.43. The molecule has 34 heavy (non-hydrogen) atoms. The summed E-state index contributed by atoms with van der Waals surface area (Å²) in [4.78, 5) is 41.1. The van der Waals surface area contributed by atoms with E-state index in [4.69, 9.17) is 4.74 Å². The lowest BCUT2D eigenvalue weighted by atomic mass is 9.89. The van der Waals surface area contributed by atoms with Crippen LogP contribution in [0.5, 0.6) is 0 Å². The zero-order valence-corrected chi connectivity index (χ0v) is 19.1. The maximum absolute atomic E-state index is 13.3. The minimum Gasteiger partial charge on any atom is -0.381 e. The van der Waals surface area contributed by atoms with Gasteiger partial charge in [0.25, 0.3) is 6.43 Å². The normalized spacial score (nSPS) is 26.1. The second-order valence-electron chi connectivity index (χ2n) is 9.27. The van der Waals surface area contributed by atoms with Crippen LogP contribution < -0.4 is 10.6 Å². The molecule has 1 aromatic rings. The minimum absolute atomic E-state index is 0.0134. The first kappa shape index (κ1) is 24.7. The first-order chi connectivity index (χ1) is 16.4. The average molecular weight is 479 g/mol. The number of alkyl halides is 2. The maximum atomic E-state index is 13.3. The Balaban J connectivity index is 1.30. The number of piperidine rings is 1. The average Bonchev–Trinajstić information content (AvgIpc) is 2.84. The zero-order valence-electron chi connectivity index (χ0n) is 19.1. The van der Waals surface area contributed by atoms with Crippen LogP contribution in [-0.2, 0) is 14.3 Å². The van der Waals surface area contributed by atoms with Gasteiger partial charge < -0.3 is 15.0 Å². The number of ketones is 1. The number of benzene rings is 1. The second-order valence-corrected chi connectivity index (χ2v) is 9.27. The summed E-state index contributed by atoms with van der Waals surface area (Å²) in [5.41, 5.74) is 0.689. The monoisotopic (exact) mass is 478 g/mol. The summed E-state index contributed by atoms with van der Waals surface area (Å²) in [5, 5.41) is 6.07. The van der Waals surface area contributed by atoms with Gasteiger partial charge in [-0.15, -0.1) is 0 Å². The Morgan fingerprint density at radius 1 is 1.15 bits per heavy atom. The van der Waals surface area contributed by atoms with E-state index in [0.717, 1.165) is 4.90 Å². The largest absolute Gasteiger partial charge is 0.381 e. The topological polar surface area (TPSA) is 91.0 Å². The zero-order chi connectivity index (χ0) is 24.1. The Labute approximate surface area is 198 Å². The predicted molar refractivity (Wildman–Crippen MR) is 120 cm³/mol. The first-order valence-electron chi connectivity index (χ1n) is 11.9. The molecule has 2 amide bonds. The predicted octanol–water partition coefficient (Wildman–Crippen LogP) is 1.13. The number of likely N-dealkylation sites (tertiary alicyclic amines) is 1. The van der Waals surface area contributed by atoms with Crippen LogP contribution in [-0.4, -0.2) is 92.0 Å². The third-order valence-corrected chi connectivity index (χ3v) is 6.91. The molecule has 3 fully saturated rings. The van der Waals surface area contributed by atoms with Gasteiger partial charge >= 0.3 is 0 Å². The summed E-state index contributed by atoms with van der Waals surface area (Å²) in [6, 6.07) is 9.07. The highest BCUT2D eigenvalue weighted by molar-refractivity contribution is 5.97. The highest BCUT2D eigenvalue weighted by atomic mass is 19.3. The molecule has 0 spiro atoms. The van der Waals surface area contributed by atoms with Crippen LogP contribution in [0.4, 0.5) is 8.78 Å². The van der Waals surface area contributed by atoms with Crippen LogP contribution in [0, 0.1) is 11.8 Å². The fourth-order valence-corrected chi connectivity index (χ4v) is 5.02. The van der Waals surface area contributed by atoms with Crippen molar-refractivity contribution in [1.82, 2.24) is 20.4 Å². The van der Waals surface area contributed by atoms with Gasteiger partial charge in [-0.3, -0.25) is 24.6 Å². The Kier molecular flexibility index (Phi) is 8.23. The lowest BCUT2D eigenvalue weighted by molar-refractivity contribution is -0.140. The van der Waals surface area contributed by atoms with Crippen molar-refractivity contribution >= 4 is 17.6 Å². The number of halogens is 2. The van der Waals surface area contributed by atoms with Gasteiger partial charge in [0.15, 0.2) is 5.78 Å². The fourth-order valence-electron chi connectivity index (χ4n) is 5.02. The summed E-state index contributed by atoms with van der Waals surface area (Å²) < 4.78 is 31.9. The van der Waals surface area contributed by atoms with E-state index in [1.165, 1.54) is 0 Å². The molecule has 0 aliphatic carbocycles. The lowest BCUT2D eigenvalue weighted by Crippen LogP contribution is -2.67. The summed E-state index contributed by atoms with van der Waals surface area (Å²) >= 11 is 0. The molecule has 0 bridgehead atoms. The molecular formula is C24H32F2N4O4. The molecule has 1 aromatic carbocycles. The summed E-state index contributed by atoms with van der Waals surface area (Å²) in [6.45, 7) is 1.28. The number of nitrogens with zero attached hydrogens (tertiary/aromatic N) is 2. The van der Waals surface area contributed by atoms with Crippen LogP contribution in [0.15, 0.2) is 30.3 Å². The highest BCUT2D eigenvalue weighted by Crippen LogP contribution is 2.22. The molecule has 0 radical (unpaired) electrons. The maximum Gasteiger partial charge on any atom is 0.255 e. The van der Waals surface area contributed by atoms with E-state index in [1.807, 2.05) is 23.1 Å². The van der Waals surface area contributed by atoms with Crippen LogP contribution >= 0.6 is 0 Å². The van der Waals surface area contributed by atoms with Gasteiger partial charge in [0.05, 0.1) is 38.3 Å². The fraction of sp³-hybridized carbons (Fsp3) is 0.625. The number of nitrogens with one attached hydrogen (secondary N) is 2. The van der Waals surface area contributed by atoms with E-state index in [-0.39, 0.29) is 42.7 Å². The molecule has 3 heterocycles. The SMILES string of the molecule is O=C(c1ccccc1)C1CCN(CC(=O)N(CC(F)F)CC2NC(=O)C3COCCC3N2)CC1. The van der Waals surface area contributed by atoms with Gasteiger partial charge in [-0.25, -0.2) is 8.78 Å². The summed E-state index contributed by atoms with van der Waals surface area (Å²) in [6.07, 6.45) is -1.34. The molecule has 186 valence electrons. The van der Waals surface area contributed by atoms with Crippen molar-refractivity contribution in [1.29, 1.82) is 0 Å². The van der Waals surface area contributed by atoms with Gasteiger partial charge in [-0.1, -0.05) is 30.3 Å². The lowest BCUT2D eigenvalue weighted by Gasteiger charge is -2.41. The number of carbonyl (C=O) groups excluding carboxylic acids is 3. The first-order valence-corrected chi connectivity index (χ1v) is 11.9. The molecule has 0 aromatic heterocycles. The van der Waals surface area contributed by atoms with Crippen LogP contribution in [0.2, 0.25) is 0 Å². The third kappa shape index (κ3) is 6.17. The van der Waals surface area contributed by atoms with Crippen molar-refractivity contribution in [2.75, 3.05) is 45.9 Å². The third-order valence-electron chi connectivity index (χ3n) is 6.91. The van der Waals surface area contributed by atoms with Crippen LogP contribution in [0.1, 0.15) is 29.6 Å². The molecule has 8 nitrogen and oxygen atoms in total. The Morgan fingerprint density at radius 3 is 2.59 bits per heavy atom. The number of hydrogen-bond donors (Lipinski definition) is 2. The van der Waals surface area contributed by atoms with E-state index in [9.17, 15) is 23.2 Å². The van der Waals surface area contributed by atoms with Crippen molar-refractivity contribution in [2.45, 2.75) is 37.9 Å². The molecule has 2 N–H and O–H groups in total. The van der Waals surface area contributed by atoms with Crippen molar-refractivity contribution < 1.29 is 27.9 Å². The number of amides is 2. The standard InChI is InChI=1S/C24H32F2N4O4/c25-20(26)12-30(13-21-27-19-8-11-34-15-18(19)24(33)28-21)22(31)14-29-9-6-17(7-10-29)23(32)16-4-2-1-3-5-16/h1-5,17-21,27H,6-15H2,(H,28,33). The smallest absolute Gasteiger partial charge is 0.255 e. The van der Waals surface area contributed by atoms with Crippen molar-refractivity contribution in [2.24, 2.45) is 11.8 Å². The molecule has 3 aliphatic heterocycles. The number of rotatable bonds is 8. The van der Waals surface area contributed by atoms with Crippen molar-refractivity contribution in [3.05, 3.63) is 35.9 Å². The van der Waals surface area contributed by atoms with Gasteiger partial charge in [0, 0.05) is 24.1 Å². The summed E-state index contributed by atoms with van der Waals surface area (Å²) in [5.74, 6) is -0.873. The second kappa shape index (κ2) is 11.3. The van der Waals surface area contributed by atoms with E-state index in [2.05, 4.69) is 10.6 Å². The summed E-state index contributed by atoms with van der Waals surface area (Å²) in [7, 11) is 0. The quantitative estimate of drug-likeness (QED) is 0.545. The van der Waals surface area contributed by atoms with Gasteiger partial charge in [0.1, 0.15) is 0 Å². The molecule has 3 saturated heterocycles. The van der Waals surface area contributed by atoms with E-state index in [0.29, 0.717) is 51.1 Å². The molecule has 3 atom stereocenters. The molecule has 3 unspecified atom stereocenters. The van der Waals surface area contributed by atoms with Crippen molar-refractivity contribution in [3.8, 4) is 0 Å². The minimum atomic E-state index is -2.67. The van der Waals surface area contributed by atoms with Crippen LogP contribution in [0.25, 0.3) is 0 Å². The van der Waals surface area contributed by atoms with E-state index >= 15 is 0 Å². The van der Waals surface area contributed by atoms with Crippen LogP contribution in [0.3, 0.4) is 0 Å². The number of ether oxygens (including phenoxy) is 1. The Morgan fingerprint density at radius 2 is 1.88 bits per heavy atom. The number of fused-ring (bicyclic) bond motifs is 1. The van der Waals surface area contributed by atoms with E-state index < -0.39 is 25.0 Å². The van der Waals surface area contributed by atoms with Gasteiger partial charge in [-0.2, -0.15) is 0 Å².